The van der Waals surface area contributed by atoms with Crippen LogP contribution in [0.15, 0.2) is 29.8 Å². The fraction of sp³-hybridized carbons (Fsp3) is 0.214. The van der Waals surface area contributed by atoms with Crippen LogP contribution in [0.2, 0.25) is 5.02 Å². The molecule has 0 saturated carbocycles. The first-order valence-corrected chi connectivity index (χ1v) is 7.32. The molecule has 0 atom stereocenters. The van der Waals surface area contributed by atoms with Crippen molar-refractivity contribution in [1.82, 2.24) is 9.38 Å². The maximum atomic E-state index is 6.22. The summed E-state index contributed by atoms with van der Waals surface area (Å²) in [5.74, 6) is 0. The number of thiazole rings is 1. The molecular weight excluding hydrogens is 278 g/mol. The first-order valence-electron chi connectivity index (χ1n) is 6.06. The summed E-state index contributed by atoms with van der Waals surface area (Å²) in [6.07, 6.45) is 2.05. The molecule has 5 heteroatoms. The Morgan fingerprint density at radius 3 is 3.00 bits per heavy atom. The summed E-state index contributed by atoms with van der Waals surface area (Å²) >= 11 is 7.87. The number of rotatable bonds is 3. The third-order valence-electron chi connectivity index (χ3n) is 3.13. The first-order chi connectivity index (χ1) is 9.15. The van der Waals surface area contributed by atoms with E-state index in [4.69, 9.17) is 11.6 Å². The summed E-state index contributed by atoms with van der Waals surface area (Å²) < 4.78 is 2.12. The van der Waals surface area contributed by atoms with Crippen LogP contribution in [-0.4, -0.2) is 9.38 Å². The molecule has 0 aliphatic carbocycles. The summed E-state index contributed by atoms with van der Waals surface area (Å²) in [6, 6.07) is 6.03. The summed E-state index contributed by atoms with van der Waals surface area (Å²) in [4.78, 5) is 5.56. The normalized spacial score (nSPS) is 11.1. The van der Waals surface area contributed by atoms with Gasteiger partial charge in [-0.05, 0) is 31.5 Å². The molecular formula is C14H14ClN3S. The SMILES string of the molecule is Cc1ccc(NCc2c(C)nc3sccn23)c(Cl)c1. The molecule has 3 aromatic rings. The number of nitrogens with one attached hydrogen (secondary N) is 1. The highest BCUT2D eigenvalue weighted by Gasteiger charge is 2.09. The van der Waals surface area contributed by atoms with Gasteiger partial charge in [-0.3, -0.25) is 4.40 Å². The Labute approximate surface area is 120 Å². The predicted molar refractivity (Wildman–Crippen MR) is 81.3 cm³/mol. The molecule has 98 valence electrons. The Hall–Kier alpha value is -1.52. The van der Waals surface area contributed by atoms with E-state index in [-0.39, 0.29) is 0 Å². The molecule has 0 spiro atoms. The molecule has 2 heterocycles. The van der Waals surface area contributed by atoms with Gasteiger partial charge in [0.15, 0.2) is 4.96 Å². The van der Waals surface area contributed by atoms with Crippen LogP contribution >= 0.6 is 22.9 Å². The van der Waals surface area contributed by atoms with Gasteiger partial charge in [0.05, 0.1) is 28.6 Å². The Kier molecular flexibility index (Phi) is 3.21. The molecule has 0 aliphatic heterocycles. The van der Waals surface area contributed by atoms with Gasteiger partial charge in [-0.25, -0.2) is 4.98 Å². The number of aryl methyl sites for hydroxylation is 2. The van der Waals surface area contributed by atoms with Crippen molar-refractivity contribution in [2.75, 3.05) is 5.32 Å². The Bertz CT molecular complexity index is 729. The summed E-state index contributed by atoms with van der Waals surface area (Å²) in [7, 11) is 0. The number of anilines is 1. The lowest BCUT2D eigenvalue weighted by molar-refractivity contribution is 0.994. The van der Waals surface area contributed by atoms with Crippen molar-refractivity contribution in [2.45, 2.75) is 20.4 Å². The van der Waals surface area contributed by atoms with E-state index in [1.54, 1.807) is 11.3 Å². The maximum absolute atomic E-state index is 6.22. The molecule has 0 fully saturated rings. The maximum Gasteiger partial charge on any atom is 0.194 e. The summed E-state index contributed by atoms with van der Waals surface area (Å²) in [5, 5.41) is 6.18. The van der Waals surface area contributed by atoms with Crippen molar-refractivity contribution >= 4 is 33.6 Å². The van der Waals surface area contributed by atoms with Crippen molar-refractivity contribution in [3.05, 3.63) is 51.7 Å². The van der Waals surface area contributed by atoms with E-state index >= 15 is 0 Å². The largest absolute Gasteiger partial charge is 0.378 e. The number of fused-ring (bicyclic) bond motifs is 1. The lowest BCUT2D eigenvalue weighted by Crippen LogP contribution is -2.04. The second-order valence-corrected chi connectivity index (χ2v) is 5.82. The van der Waals surface area contributed by atoms with E-state index in [2.05, 4.69) is 20.8 Å². The average Bonchev–Trinajstić information content (AvgIpc) is 2.90. The van der Waals surface area contributed by atoms with Gasteiger partial charge < -0.3 is 5.32 Å². The van der Waals surface area contributed by atoms with Crippen molar-refractivity contribution in [1.29, 1.82) is 0 Å². The van der Waals surface area contributed by atoms with E-state index < -0.39 is 0 Å². The van der Waals surface area contributed by atoms with Gasteiger partial charge in [-0.15, -0.1) is 11.3 Å². The molecule has 0 aliphatic rings. The van der Waals surface area contributed by atoms with Crippen molar-refractivity contribution in [3.8, 4) is 0 Å². The van der Waals surface area contributed by atoms with Crippen molar-refractivity contribution in [3.63, 3.8) is 0 Å². The molecule has 2 aromatic heterocycles. The van der Waals surface area contributed by atoms with Gasteiger partial charge in [-0.2, -0.15) is 0 Å². The number of nitrogens with zero attached hydrogens (tertiary/aromatic N) is 2. The van der Waals surface area contributed by atoms with Crippen LogP contribution < -0.4 is 5.32 Å². The average molecular weight is 292 g/mol. The highest BCUT2D eigenvalue weighted by molar-refractivity contribution is 7.15. The highest BCUT2D eigenvalue weighted by Crippen LogP contribution is 2.24. The van der Waals surface area contributed by atoms with Crippen LogP contribution in [-0.2, 0) is 6.54 Å². The topological polar surface area (TPSA) is 29.3 Å². The van der Waals surface area contributed by atoms with Crippen LogP contribution in [0.1, 0.15) is 17.0 Å². The number of aromatic nitrogens is 2. The van der Waals surface area contributed by atoms with E-state index in [0.717, 1.165) is 26.9 Å². The van der Waals surface area contributed by atoms with Gasteiger partial charge in [0, 0.05) is 11.6 Å². The van der Waals surface area contributed by atoms with E-state index in [1.807, 2.05) is 37.6 Å². The van der Waals surface area contributed by atoms with Gasteiger partial charge in [0.2, 0.25) is 0 Å². The molecule has 0 bridgehead atoms. The Morgan fingerprint density at radius 1 is 1.37 bits per heavy atom. The zero-order valence-corrected chi connectivity index (χ0v) is 12.3. The molecule has 1 N–H and O–H groups in total. The molecule has 19 heavy (non-hydrogen) atoms. The summed E-state index contributed by atoms with van der Waals surface area (Å²) in [5.41, 5.74) is 4.35. The lowest BCUT2D eigenvalue weighted by Gasteiger charge is -2.09. The third kappa shape index (κ3) is 2.33. The zero-order chi connectivity index (χ0) is 13.4. The minimum absolute atomic E-state index is 0.715. The fourth-order valence-electron chi connectivity index (χ4n) is 2.10. The van der Waals surface area contributed by atoms with Crippen LogP contribution in [0.5, 0.6) is 0 Å². The van der Waals surface area contributed by atoms with E-state index in [9.17, 15) is 0 Å². The molecule has 1 aromatic carbocycles. The van der Waals surface area contributed by atoms with Gasteiger partial charge >= 0.3 is 0 Å². The zero-order valence-electron chi connectivity index (χ0n) is 10.8. The number of halogens is 1. The van der Waals surface area contributed by atoms with E-state index in [1.165, 1.54) is 5.69 Å². The fourth-order valence-corrected chi connectivity index (χ4v) is 3.18. The molecule has 0 radical (unpaired) electrons. The summed E-state index contributed by atoms with van der Waals surface area (Å²) in [6.45, 7) is 4.78. The quantitative estimate of drug-likeness (QED) is 0.780. The molecule has 0 unspecified atom stereocenters. The number of hydrogen-bond acceptors (Lipinski definition) is 3. The minimum Gasteiger partial charge on any atom is -0.378 e. The van der Waals surface area contributed by atoms with Gasteiger partial charge in [0.25, 0.3) is 0 Å². The van der Waals surface area contributed by atoms with Crippen LogP contribution in [0.4, 0.5) is 5.69 Å². The van der Waals surface area contributed by atoms with E-state index in [0.29, 0.717) is 6.54 Å². The van der Waals surface area contributed by atoms with Gasteiger partial charge in [0.1, 0.15) is 0 Å². The highest BCUT2D eigenvalue weighted by atomic mass is 35.5. The second kappa shape index (κ2) is 4.87. The lowest BCUT2D eigenvalue weighted by atomic mass is 10.2. The number of benzene rings is 1. The van der Waals surface area contributed by atoms with Crippen LogP contribution in [0.3, 0.4) is 0 Å². The van der Waals surface area contributed by atoms with Crippen molar-refractivity contribution in [2.24, 2.45) is 0 Å². The van der Waals surface area contributed by atoms with Crippen LogP contribution in [0.25, 0.3) is 4.96 Å². The third-order valence-corrected chi connectivity index (χ3v) is 4.20. The Morgan fingerprint density at radius 2 is 2.21 bits per heavy atom. The smallest absolute Gasteiger partial charge is 0.194 e. The molecule has 3 rings (SSSR count). The molecule has 3 nitrogen and oxygen atoms in total. The molecule has 0 saturated heterocycles. The number of hydrogen-bond donors (Lipinski definition) is 1. The van der Waals surface area contributed by atoms with Crippen LogP contribution in [0, 0.1) is 13.8 Å². The predicted octanol–water partition coefficient (Wildman–Crippen LogP) is 4.28. The Balaban J connectivity index is 1.85. The number of imidazole rings is 1. The second-order valence-electron chi connectivity index (χ2n) is 4.54. The van der Waals surface area contributed by atoms with Crippen molar-refractivity contribution < 1.29 is 0 Å². The minimum atomic E-state index is 0.715. The molecule has 0 amide bonds. The first kappa shape index (κ1) is 12.5. The standard InChI is InChI=1S/C14H14ClN3S/c1-9-3-4-12(11(15)7-9)16-8-13-10(2)17-14-18(13)5-6-19-14/h3-7,16H,8H2,1-2H3. The monoisotopic (exact) mass is 291 g/mol. The van der Waals surface area contributed by atoms with Gasteiger partial charge in [-0.1, -0.05) is 17.7 Å².